The average Bonchev–Trinajstić information content (AvgIpc) is 2.94. The lowest BCUT2D eigenvalue weighted by molar-refractivity contribution is 0.111. The number of aromatic nitrogens is 2. The van der Waals surface area contributed by atoms with Crippen LogP contribution >= 0.6 is 11.3 Å². The number of hydrogen-bond acceptors (Lipinski definition) is 4. The van der Waals surface area contributed by atoms with Gasteiger partial charge in [0.1, 0.15) is 0 Å². The van der Waals surface area contributed by atoms with Gasteiger partial charge in [0.25, 0.3) is 0 Å². The number of nitrogens with zero attached hydrogens (tertiary/aromatic N) is 2. The van der Waals surface area contributed by atoms with Crippen LogP contribution in [0.4, 0.5) is 0 Å². The molecule has 0 aliphatic heterocycles. The van der Waals surface area contributed by atoms with Crippen molar-refractivity contribution in [1.82, 2.24) is 9.38 Å². The van der Waals surface area contributed by atoms with E-state index in [2.05, 4.69) is 11.9 Å². The van der Waals surface area contributed by atoms with E-state index >= 15 is 0 Å². The van der Waals surface area contributed by atoms with Crippen LogP contribution < -0.4 is 4.74 Å². The van der Waals surface area contributed by atoms with Gasteiger partial charge < -0.3 is 4.74 Å². The van der Waals surface area contributed by atoms with Crippen LogP contribution in [0.3, 0.4) is 0 Å². The summed E-state index contributed by atoms with van der Waals surface area (Å²) in [6.07, 6.45) is 8.66. The van der Waals surface area contributed by atoms with Crippen LogP contribution in [0.1, 0.15) is 56.4 Å². The van der Waals surface area contributed by atoms with Gasteiger partial charge in [-0.3, -0.25) is 9.20 Å². The Morgan fingerprint density at radius 3 is 3.05 bits per heavy atom. The molecule has 0 aliphatic carbocycles. The molecule has 2 aromatic heterocycles. The van der Waals surface area contributed by atoms with Gasteiger partial charge in [0.2, 0.25) is 5.88 Å². The van der Waals surface area contributed by atoms with Crippen LogP contribution in [0, 0.1) is 0 Å². The number of thiazole rings is 1. The first-order chi connectivity index (χ1) is 9.26. The molecule has 2 aromatic rings. The highest BCUT2D eigenvalue weighted by atomic mass is 32.1. The number of carbonyl (C=O) groups excluding carboxylic acids is 1. The fourth-order valence-corrected chi connectivity index (χ4v) is 2.80. The van der Waals surface area contributed by atoms with E-state index in [-0.39, 0.29) is 6.10 Å². The minimum atomic E-state index is 0.0974. The number of aldehydes is 1. The van der Waals surface area contributed by atoms with Gasteiger partial charge >= 0.3 is 0 Å². The predicted molar refractivity (Wildman–Crippen MR) is 77.3 cm³/mol. The molecule has 104 valence electrons. The highest BCUT2D eigenvalue weighted by Crippen LogP contribution is 2.23. The monoisotopic (exact) mass is 280 g/mol. The molecule has 0 bridgehead atoms. The minimum absolute atomic E-state index is 0.0974. The topological polar surface area (TPSA) is 43.6 Å². The van der Waals surface area contributed by atoms with Crippen molar-refractivity contribution in [2.75, 3.05) is 0 Å². The first-order valence-corrected chi connectivity index (χ1v) is 7.71. The van der Waals surface area contributed by atoms with Gasteiger partial charge in [0.15, 0.2) is 16.9 Å². The average molecular weight is 280 g/mol. The summed E-state index contributed by atoms with van der Waals surface area (Å²) >= 11 is 1.50. The van der Waals surface area contributed by atoms with Gasteiger partial charge in [-0.15, -0.1) is 11.3 Å². The van der Waals surface area contributed by atoms with Crippen molar-refractivity contribution in [3.8, 4) is 5.88 Å². The molecule has 0 aliphatic rings. The second-order valence-electron chi connectivity index (χ2n) is 4.75. The maximum atomic E-state index is 11.1. The zero-order chi connectivity index (χ0) is 13.7. The summed E-state index contributed by atoms with van der Waals surface area (Å²) in [4.78, 5) is 16.3. The van der Waals surface area contributed by atoms with Crippen LogP contribution in [0.5, 0.6) is 5.88 Å². The molecule has 2 heterocycles. The summed E-state index contributed by atoms with van der Waals surface area (Å²) in [7, 11) is 0. The number of ether oxygens (including phenoxy) is 1. The van der Waals surface area contributed by atoms with E-state index in [0.717, 1.165) is 24.1 Å². The second kappa shape index (κ2) is 6.70. The third kappa shape index (κ3) is 3.35. The van der Waals surface area contributed by atoms with Gasteiger partial charge in [-0.2, -0.15) is 4.98 Å². The molecule has 0 saturated carbocycles. The molecular formula is C14H20N2O2S. The number of unbranched alkanes of at least 4 members (excludes halogenated alkanes) is 3. The SMILES string of the molecule is CCCCCCC(C)Oc1nc2sccn2c1C=O. The normalized spacial score (nSPS) is 12.7. The van der Waals surface area contributed by atoms with Gasteiger partial charge in [-0.1, -0.05) is 26.2 Å². The summed E-state index contributed by atoms with van der Waals surface area (Å²) in [5.41, 5.74) is 0.511. The molecule has 1 unspecified atom stereocenters. The maximum absolute atomic E-state index is 11.1. The van der Waals surface area contributed by atoms with Crippen LogP contribution in [0.25, 0.3) is 4.96 Å². The number of imidazole rings is 1. The van der Waals surface area contributed by atoms with E-state index in [1.54, 1.807) is 4.40 Å². The van der Waals surface area contributed by atoms with Crippen LogP contribution in [-0.4, -0.2) is 21.8 Å². The Hall–Kier alpha value is -1.36. The Balaban J connectivity index is 1.96. The number of carbonyl (C=O) groups is 1. The van der Waals surface area contributed by atoms with E-state index in [4.69, 9.17) is 4.74 Å². The van der Waals surface area contributed by atoms with Gasteiger partial charge in [-0.05, 0) is 19.8 Å². The van der Waals surface area contributed by atoms with Gasteiger partial charge in [0, 0.05) is 11.6 Å². The molecule has 1 atom stereocenters. The van der Waals surface area contributed by atoms with E-state index in [0.29, 0.717) is 11.6 Å². The molecule has 4 nitrogen and oxygen atoms in total. The highest BCUT2D eigenvalue weighted by molar-refractivity contribution is 7.15. The van der Waals surface area contributed by atoms with Gasteiger partial charge in [-0.25, -0.2) is 0 Å². The first-order valence-electron chi connectivity index (χ1n) is 6.83. The van der Waals surface area contributed by atoms with Crippen molar-refractivity contribution in [2.45, 2.75) is 52.1 Å². The van der Waals surface area contributed by atoms with E-state index in [1.807, 2.05) is 18.5 Å². The zero-order valence-corrected chi connectivity index (χ0v) is 12.3. The number of fused-ring (bicyclic) bond motifs is 1. The first kappa shape index (κ1) is 14.1. The lowest BCUT2D eigenvalue weighted by Gasteiger charge is -2.12. The summed E-state index contributed by atoms with van der Waals surface area (Å²) < 4.78 is 7.58. The third-order valence-corrected chi connectivity index (χ3v) is 3.91. The quantitative estimate of drug-likeness (QED) is 0.543. The van der Waals surface area contributed by atoms with Crippen molar-refractivity contribution in [2.24, 2.45) is 0 Å². The van der Waals surface area contributed by atoms with Gasteiger partial charge in [0.05, 0.1) is 6.10 Å². The fraction of sp³-hybridized carbons (Fsp3) is 0.571. The molecular weight excluding hydrogens is 260 g/mol. The van der Waals surface area contributed by atoms with E-state index in [1.165, 1.54) is 30.6 Å². The second-order valence-corrected chi connectivity index (χ2v) is 5.63. The smallest absolute Gasteiger partial charge is 0.244 e. The Bertz CT molecular complexity index is 533. The van der Waals surface area contributed by atoms with E-state index < -0.39 is 0 Å². The Labute approximate surface area is 117 Å². The molecule has 0 spiro atoms. The lowest BCUT2D eigenvalue weighted by atomic mass is 10.1. The van der Waals surface area contributed by atoms with Crippen LogP contribution in [0.2, 0.25) is 0 Å². The summed E-state index contributed by atoms with van der Waals surface area (Å²) in [6.45, 7) is 4.24. The third-order valence-electron chi connectivity index (χ3n) is 3.15. The molecule has 0 N–H and O–H groups in total. The van der Waals surface area contributed by atoms with Crippen molar-refractivity contribution in [3.05, 3.63) is 17.3 Å². The molecule has 0 saturated heterocycles. The van der Waals surface area contributed by atoms with E-state index in [9.17, 15) is 4.79 Å². The summed E-state index contributed by atoms with van der Waals surface area (Å²) in [5.74, 6) is 0.463. The largest absolute Gasteiger partial charge is 0.473 e. The molecule has 5 heteroatoms. The maximum Gasteiger partial charge on any atom is 0.244 e. The van der Waals surface area contributed by atoms with Crippen LogP contribution in [0.15, 0.2) is 11.6 Å². The highest BCUT2D eigenvalue weighted by Gasteiger charge is 2.16. The standard InChI is InChI=1S/C14H20N2O2S/c1-3-4-5-6-7-11(2)18-13-12(10-17)16-8-9-19-14(16)15-13/h8-11H,3-7H2,1-2H3. The summed E-state index contributed by atoms with van der Waals surface area (Å²) in [6, 6.07) is 0. The Morgan fingerprint density at radius 1 is 1.47 bits per heavy atom. The molecule has 0 radical (unpaired) electrons. The molecule has 19 heavy (non-hydrogen) atoms. The fourth-order valence-electron chi connectivity index (χ4n) is 2.09. The van der Waals surface area contributed by atoms with Crippen LogP contribution in [-0.2, 0) is 0 Å². The Kier molecular flexibility index (Phi) is 4.96. The zero-order valence-electron chi connectivity index (χ0n) is 11.5. The van der Waals surface area contributed by atoms with Crippen molar-refractivity contribution in [3.63, 3.8) is 0 Å². The molecule has 2 rings (SSSR count). The van der Waals surface area contributed by atoms with Crippen molar-refractivity contribution >= 4 is 22.6 Å². The minimum Gasteiger partial charge on any atom is -0.473 e. The number of rotatable bonds is 8. The lowest BCUT2D eigenvalue weighted by Crippen LogP contribution is -2.13. The molecule has 0 aromatic carbocycles. The summed E-state index contributed by atoms with van der Waals surface area (Å²) in [5, 5.41) is 1.91. The Morgan fingerprint density at radius 2 is 2.32 bits per heavy atom. The molecule has 0 fully saturated rings. The predicted octanol–water partition coefficient (Wildman–Crippen LogP) is 3.95. The number of hydrogen-bond donors (Lipinski definition) is 0. The van der Waals surface area contributed by atoms with Crippen molar-refractivity contribution < 1.29 is 9.53 Å². The van der Waals surface area contributed by atoms with Crippen molar-refractivity contribution in [1.29, 1.82) is 0 Å². The molecule has 0 amide bonds.